The number of sulfonamides is 1. The van der Waals surface area contributed by atoms with Gasteiger partial charge in [-0.05, 0) is 26.1 Å². The van der Waals surface area contributed by atoms with E-state index in [0.29, 0.717) is 6.61 Å². The average Bonchev–Trinajstić information content (AvgIpc) is 2.51. The van der Waals surface area contributed by atoms with Crippen molar-refractivity contribution in [2.24, 2.45) is 10.9 Å². The number of hydrogen-bond donors (Lipinski definition) is 2. The van der Waals surface area contributed by atoms with E-state index in [-0.39, 0.29) is 27.4 Å². The molecule has 1 aromatic rings. The molecule has 0 aliphatic carbocycles. The first-order valence-electron chi connectivity index (χ1n) is 5.87. The number of ketones is 1. The minimum atomic E-state index is -3.81. The summed E-state index contributed by atoms with van der Waals surface area (Å²) >= 11 is 2.99. The van der Waals surface area contributed by atoms with Gasteiger partial charge in [0.1, 0.15) is 22.9 Å². The predicted molar refractivity (Wildman–Crippen MR) is 81.0 cm³/mol. The number of nitrogens with two attached hydrogens (primary N) is 1. The number of carbonyl (C=O) groups excluding carboxylic acids is 1. The molecule has 1 heterocycles. The number of rotatable bonds is 7. The van der Waals surface area contributed by atoms with Gasteiger partial charge in [0, 0.05) is 0 Å². The summed E-state index contributed by atoms with van der Waals surface area (Å²) in [5.41, 5.74) is 5.60. The molecule has 0 aromatic carbocycles. The van der Waals surface area contributed by atoms with Crippen LogP contribution in [0.4, 0.5) is 0 Å². The molecule has 0 radical (unpaired) electrons. The van der Waals surface area contributed by atoms with Crippen LogP contribution in [0.3, 0.4) is 0 Å². The van der Waals surface area contributed by atoms with Crippen LogP contribution >= 0.6 is 15.9 Å². The van der Waals surface area contributed by atoms with Crippen molar-refractivity contribution in [1.29, 1.82) is 0 Å². The Balaban J connectivity index is 3.42. The van der Waals surface area contributed by atoms with Gasteiger partial charge in [-0.1, -0.05) is 21.1 Å². The molecule has 0 saturated carbocycles. The molecule has 21 heavy (non-hydrogen) atoms. The molecule has 1 rings (SSSR count). The zero-order chi connectivity index (χ0) is 16.0. The van der Waals surface area contributed by atoms with Gasteiger partial charge < -0.3 is 10.6 Å². The third-order valence-corrected chi connectivity index (χ3v) is 4.31. The van der Waals surface area contributed by atoms with Crippen LogP contribution in [0.15, 0.2) is 22.2 Å². The lowest BCUT2D eigenvalue weighted by Crippen LogP contribution is -2.24. The Hall–Kier alpha value is -1.52. The number of nitrogens with one attached hydrogen (secondary N) is 1. The van der Waals surface area contributed by atoms with Crippen LogP contribution in [0.5, 0.6) is 0 Å². The second-order valence-corrected chi connectivity index (χ2v) is 6.12. The summed E-state index contributed by atoms with van der Waals surface area (Å²) < 4.78 is 25.9. The topological polar surface area (TPSA) is 124 Å². The first-order valence-corrected chi connectivity index (χ1v) is 8.47. The van der Waals surface area contributed by atoms with Crippen molar-refractivity contribution in [2.45, 2.75) is 11.8 Å². The van der Waals surface area contributed by atoms with E-state index in [2.05, 4.69) is 30.8 Å². The average molecular weight is 379 g/mol. The summed E-state index contributed by atoms with van der Waals surface area (Å²) in [5.74, 6) is -0.538. The van der Waals surface area contributed by atoms with Crippen molar-refractivity contribution in [3.63, 3.8) is 0 Å². The number of alkyl halides is 1. The Labute approximate surface area is 130 Å². The van der Waals surface area contributed by atoms with E-state index in [0.717, 1.165) is 0 Å². The molecule has 0 amide bonds. The molecule has 0 bridgehead atoms. The van der Waals surface area contributed by atoms with Crippen LogP contribution in [0.2, 0.25) is 0 Å². The third kappa shape index (κ3) is 4.22. The van der Waals surface area contributed by atoms with E-state index < -0.39 is 15.8 Å². The Bertz CT molecular complexity index is 660. The Kier molecular flexibility index (Phi) is 6.24. The van der Waals surface area contributed by atoms with Gasteiger partial charge in [0.25, 0.3) is 0 Å². The van der Waals surface area contributed by atoms with Gasteiger partial charge in [0.15, 0.2) is 11.6 Å². The lowest BCUT2D eigenvalue weighted by Gasteiger charge is -2.09. The highest BCUT2D eigenvalue weighted by Gasteiger charge is 2.23. The van der Waals surface area contributed by atoms with Gasteiger partial charge in [0.05, 0.1) is 5.33 Å². The van der Waals surface area contributed by atoms with Crippen LogP contribution in [-0.2, 0) is 14.9 Å². The fourth-order valence-electron chi connectivity index (χ4n) is 1.36. The van der Waals surface area contributed by atoms with Crippen molar-refractivity contribution < 1.29 is 18.0 Å². The summed E-state index contributed by atoms with van der Waals surface area (Å²) in [5, 5.41) is 3.52. The number of pyridine rings is 1. The molecule has 0 aliphatic rings. The number of aromatic nitrogens is 1. The largest absolute Gasteiger partial charge is 0.394 e. The molecular formula is C11H15BrN4O4S. The number of carbonyl (C=O) groups is 1. The van der Waals surface area contributed by atoms with Gasteiger partial charge in [-0.15, -0.1) is 0 Å². The highest BCUT2D eigenvalue weighted by atomic mass is 79.9. The van der Waals surface area contributed by atoms with Gasteiger partial charge in [0.2, 0.25) is 10.0 Å². The van der Waals surface area contributed by atoms with E-state index in [9.17, 15) is 13.2 Å². The van der Waals surface area contributed by atoms with Crippen molar-refractivity contribution in [2.75, 3.05) is 19.0 Å². The first kappa shape index (κ1) is 17.5. The van der Waals surface area contributed by atoms with Crippen LogP contribution in [0.1, 0.15) is 23.1 Å². The molecule has 1 aromatic heterocycles. The summed E-state index contributed by atoms with van der Waals surface area (Å²) in [6, 6.07) is 2.60. The zero-order valence-corrected chi connectivity index (χ0v) is 13.9. The smallest absolute Gasteiger partial charge is 0.242 e. The molecule has 0 saturated heterocycles. The second-order valence-electron chi connectivity index (χ2n) is 3.70. The van der Waals surface area contributed by atoms with E-state index in [1.54, 1.807) is 6.92 Å². The van der Waals surface area contributed by atoms with E-state index in [1.807, 2.05) is 0 Å². The fourth-order valence-corrected chi connectivity index (χ4v) is 2.51. The van der Waals surface area contributed by atoms with Gasteiger partial charge in [-0.2, -0.15) is 0 Å². The Morgan fingerprint density at radius 2 is 2.19 bits per heavy atom. The third-order valence-electron chi connectivity index (χ3n) is 2.36. The minimum Gasteiger partial charge on any atom is -0.394 e. The van der Waals surface area contributed by atoms with Crippen LogP contribution < -0.4 is 10.5 Å². The van der Waals surface area contributed by atoms with Crippen molar-refractivity contribution in [3.8, 4) is 0 Å². The molecule has 116 valence electrons. The van der Waals surface area contributed by atoms with Crippen LogP contribution in [-0.4, -0.2) is 44.0 Å². The molecule has 0 fully saturated rings. The number of hydrogen-bond acceptors (Lipinski definition) is 6. The SMILES string of the molecule is CCO/N=C(\N)c1ccc(S(=O)(=O)NC)c(C(=O)CBr)n1. The normalized spacial score (nSPS) is 12.2. The van der Waals surface area contributed by atoms with Crippen molar-refractivity contribution >= 4 is 37.6 Å². The first-order chi connectivity index (χ1) is 9.87. The Morgan fingerprint density at radius 3 is 2.71 bits per heavy atom. The number of oxime groups is 1. The lowest BCUT2D eigenvalue weighted by atomic mass is 10.2. The highest BCUT2D eigenvalue weighted by Crippen LogP contribution is 2.16. The fraction of sp³-hybridized carbons (Fsp3) is 0.364. The number of amidine groups is 1. The molecule has 3 N–H and O–H groups in total. The van der Waals surface area contributed by atoms with Crippen LogP contribution in [0, 0.1) is 0 Å². The highest BCUT2D eigenvalue weighted by molar-refractivity contribution is 9.09. The standard InChI is InChI=1S/C11H15BrN4O4S/c1-3-20-16-11(13)7-4-5-9(21(18,19)14-2)10(15-7)8(17)6-12/h4-5,14H,3,6H2,1-2H3,(H2,13,16). The minimum absolute atomic E-state index is 0.0473. The summed E-state index contributed by atoms with van der Waals surface area (Å²) in [7, 11) is -2.56. The quantitative estimate of drug-likeness (QED) is 0.230. The summed E-state index contributed by atoms with van der Waals surface area (Å²) in [6.45, 7) is 2.05. The maximum atomic E-state index is 11.9. The molecule has 0 unspecified atom stereocenters. The van der Waals surface area contributed by atoms with Crippen molar-refractivity contribution in [1.82, 2.24) is 9.71 Å². The predicted octanol–water partition coefficient (Wildman–Crippen LogP) is 0.224. The molecule has 0 spiro atoms. The summed E-state index contributed by atoms with van der Waals surface area (Å²) in [4.78, 5) is 20.4. The molecule has 0 aliphatic heterocycles. The van der Waals surface area contributed by atoms with Gasteiger partial charge in [-0.3, -0.25) is 4.79 Å². The number of halogens is 1. The van der Waals surface area contributed by atoms with Gasteiger partial charge >= 0.3 is 0 Å². The maximum Gasteiger partial charge on any atom is 0.242 e. The van der Waals surface area contributed by atoms with Crippen molar-refractivity contribution in [3.05, 3.63) is 23.5 Å². The monoisotopic (exact) mass is 378 g/mol. The second kappa shape index (κ2) is 7.48. The van der Waals surface area contributed by atoms with E-state index in [4.69, 9.17) is 10.6 Å². The zero-order valence-electron chi connectivity index (χ0n) is 11.5. The lowest BCUT2D eigenvalue weighted by molar-refractivity contribution is 0.101. The molecule has 0 atom stereocenters. The van der Waals surface area contributed by atoms with Gasteiger partial charge in [-0.25, -0.2) is 18.1 Å². The summed E-state index contributed by atoms with van der Waals surface area (Å²) in [6.07, 6.45) is 0. The van der Waals surface area contributed by atoms with E-state index >= 15 is 0 Å². The van der Waals surface area contributed by atoms with E-state index in [1.165, 1.54) is 19.2 Å². The molecule has 8 nitrogen and oxygen atoms in total. The maximum absolute atomic E-state index is 11.9. The molecule has 10 heteroatoms. The number of Topliss-reactive ketones (excluding diaryl/α,β-unsaturated/α-hetero) is 1. The Morgan fingerprint density at radius 1 is 1.52 bits per heavy atom. The molecular weight excluding hydrogens is 364 g/mol. The van der Waals surface area contributed by atoms with Crippen LogP contribution in [0.25, 0.3) is 0 Å². The number of nitrogens with zero attached hydrogens (tertiary/aromatic N) is 2.